The molecule has 2 fully saturated rings. The van der Waals surface area contributed by atoms with Crippen molar-refractivity contribution in [1.29, 1.82) is 0 Å². The first-order valence-corrected chi connectivity index (χ1v) is 4.15. The summed E-state index contributed by atoms with van der Waals surface area (Å²) in [6.07, 6.45) is 0. The molecule has 0 N–H and O–H groups in total. The van der Waals surface area contributed by atoms with Crippen molar-refractivity contribution < 1.29 is 8.78 Å². The van der Waals surface area contributed by atoms with Gasteiger partial charge in [0.15, 0.2) is 0 Å². The molecule has 0 aromatic carbocycles. The third kappa shape index (κ3) is 0.901. The fourth-order valence-electron chi connectivity index (χ4n) is 1.96. The molecule has 1 aliphatic heterocycles. The van der Waals surface area contributed by atoms with Crippen molar-refractivity contribution in [1.82, 2.24) is 4.90 Å². The molecule has 1 saturated heterocycles. The first-order chi connectivity index (χ1) is 5.03. The summed E-state index contributed by atoms with van der Waals surface area (Å²) in [5, 5.41) is 0. The van der Waals surface area contributed by atoms with Crippen molar-refractivity contribution in [3.63, 3.8) is 0 Å². The molecule has 0 bridgehead atoms. The number of fused-ring (bicyclic) bond motifs is 1. The fraction of sp³-hybridized carbons (Fsp3) is 1.00. The van der Waals surface area contributed by atoms with Gasteiger partial charge in [0.25, 0.3) is 5.92 Å². The van der Waals surface area contributed by atoms with Crippen LogP contribution in [0.15, 0.2) is 0 Å². The van der Waals surface area contributed by atoms with Crippen LogP contribution in [0.2, 0.25) is 0 Å². The highest BCUT2D eigenvalue weighted by atomic mass is 19.3. The van der Waals surface area contributed by atoms with Gasteiger partial charge in [-0.05, 0) is 13.8 Å². The summed E-state index contributed by atoms with van der Waals surface area (Å²) in [6.45, 7) is 5.33. The lowest BCUT2D eigenvalue weighted by Gasteiger charge is -2.23. The monoisotopic (exact) mass is 161 g/mol. The van der Waals surface area contributed by atoms with E-state index < -0.39 is 5.92 Å². The lowest BCUT2D eigenvalue weighted by atomic mass is 10.3. The molecule has 1 nitrogen and oxygen atoms in total. The Labute approximate surface area is 65.4 Å². The molecule has 1 aliphatic carbocycles. The molecule has 2 aliphatic rings. The molecule has 1 heterocycles. The molecular formula is C8H13F2N. The fourth-order valence-corrected chi connectivity index (χ4v) is 1.96. The smallest absolute Gasteiger partial charge is 0.257 e. The summed E-state index contributed by atoms with van der Waals surface area (Å²) >= 11 is 0. The Morgan fingerprint density at radius 1 is 1.27 bits per heavy atom. The van der Waals surface area contributed by atoms with E-state index in [1.807, 2.05) is 0 Å². The van der Waals surface area contributed by atoms with Crippen LogP contribution < -0.4 is 0 Å². The minimum atomic E-state index is -2.31. The van der Waals surface area contributed by atoms with Crippen molar-refractivity contribution >= 4 is 0 Å². The van der Waals surface area contributed by atoms with E-state index in [-0.39, 0.29) is 11.8 Å². The zero-order valence-electron chi connectivity index (χ0n) is 6.85. The maximum Gasteiger partial charge on any atom is 0.257 e. The van der Waals surface area contributed by atoms with E-state index in [2.05, 4.69) is 18.7 Å². The molecule has 11 heavy (non-hydrogen) atoms. The molecule has 0 aromatic heterocycles. The normalized spacial score (nSPS) is 41.2. The number of alkyl halides is 2. The van der Waals surface area contributed by atoms with E-state index in [1.165, 1.54) is 0 Å². The van der Waals surface area contributed by atoms with Gasteiger partial charge in [-0.1, -0.05) is 0 Å². The number of nitrogens with zero attached hydrogens (tertiary/aromatic N) is 1. The van der Waals surface area contributed by atoms with Crippen LogP contribution >= 0.6 is 0 Å². The van der Waals surface area contributed by atoms with E-state index in [1.54, 1.807) is 0 Å². The number of likely N-dealkylation sites (tertiary alicyclic amines) is 1. The molecule has 2 atom stereocenters. The molecule has 0 unspecified atom stereocenters. The van der Waals surface area contributed by atoms with E-state index in [4.69, 9.17) is 0 Å². The van der Waals surface area contributed by atoms with E-state index in [0.29, 0.717) is 19.1 Å². The topological polar surface area (TPSA) is 3.24 Å². The summed E-state index contributed by atoms with van der Waals surface area (Å²) < 4.78 is 25.3. The Hall–Kier alpha value is -0.180. The molecule has 64 valence electrons. The van der Waals surface area contributed by atoms with Gasteiger partial charge in [0.2, 0.25) is 0 Å². The lowest BCUT2D eigenvalue weighted by molar-refractivity contribution is 0.0472. The van der Waals surface area contributed by atoms with Gasteiger partial charge in [0.05, 0.1) is 0 Å². The maximum atomic E-state index is 12.7. The quantitative estimate of drug-likeness (QED) is 0.564. The van der Waals surface area contributed by atoms with Crippen LogP contribution in [0.3, 0.4) is 0 Å². The van der Waals surface area contributed by atoms with Gasteiger partial charge < -0.3 is 0 Å². The van der Waals surface area contributed by atoms with E-state index in [0.717, 1.165) is 0 Å². The summed E-state index contributed by atoms with van der Waals surface area (Å²) in [5.74, 6) is -2.94. The van der Waals surface area contributed by atoms with Crippen molar-refractivity contribution in [2.45, 2.75) is 25.8 Å². The molecule has 3 heteroatoms. The molecule has 0 amide bonds. The Bertz CT molecular complexity index is 165. The Kier molecular flexibility index (Phi) is 1.32. The summed E-state index contributed by atoms with van der Waals surface area (Å²) in [4.78, 5) is 2.13. The Morgan fingerprint density at radius 2 is 1.73 bits per heavy atom. The average Bonchev–Trinajstić information content (AvgIpc) is 2.28. The van der Waals surface area contributed by atoms with E-state index in [9.17, 15) is 8.78 Å². The largest absolute Gasteiger partial charge is 0.300 e. The van der Waals surface area contributed by atoms with Crippen LogP contribution in [-0.2, 0) is 0 Å². The lowest BCUT2D eigenvalue weighted by Crippen LogP contribution is -2.33. The first-order valence-electron chi connectivity index (χ1n) is 4.15. The highest BCUT2D eigenvalue weighted by molar-refractivity contribution is 5.12. The van der Waals surface area contributed by atoms with Gasteiger partial charge >= 0.3 is 0 Å². The van der Waals surface area contributed by atoms with Crippen molar-refractivity contribution in [3.05, 3.63) is 0 Å². The standard InChI is InChI=1S/C8H13F2N/c1-5(2)11-3-6-7(4-11)8(6,9)10/h5-7H,3-4H2,1-2H3/t6-,7+. The third-order valence-corrected chi connectivity index (χ3v) is 2.96. The molecule has 2 rings (SSSR count). The number of hydrogen-bond donors (Lipinski definition) is 0. The van der Waals surface area contributed by atoms with Gasteiger partial charge in [-0.15, -0.1) is 0 Å². The van der Waals surface area contributed by atoms with Crippen LogP contribution in [0.25, 0.3) is 0 Å². The molecule has 1 saturated carbocycles. The number of hydrogen-bond acceptors (Lipinski definition) is 1. The minimum absolute atomic E-state index is 0.315. The average molecular weight is 161 g/mol. The predicted octanol–water partition coefficient (Wildman–Crippen LogP) is 1.59. The predicted molar refractivity (Wildman–Crippen MR) is 38.6 cm³/mol. The maximum absolute atomic E-state index is 12.7. The van der Waals surface area contributed by atoms with Gasteiger partial charge in [-0.2, -0.15) is 0 Å². The molecule has 0 aromatic rings. The Balaban J connectivity index is 1.95. The number of rotatable bonds is 1. The zero-order chi connectivity index (χ0) is 8.22. The van der Waals surface area contributed by atoms with Crippen LogP contribution in [-0.4, -0.2) is 30.0 Å². The number of halogens is 2. The molecule has 0 spiro atoms. The summed E-state index contributed by atoms with van der Waals surface area (Å²) in [5.41, 5.74) is 0. The van der Waals surface area contributed by atoms with Crippen molar-refractivity contribution in [2.75, 3.05) is 13.1 Å². The van der Waals surface area contributed by atoms with Crippen LogP contribution in [0.4, 0.5) is 8.78 Å². The third-order valence-electron chi connectivity index (χ3n) is 2.96. The van der Waals surface area contributed by atoms with Gasteiger partial charge in [-0.25, -0.2) is 8.78 Å². The van der Waals surface area contributed by atoms with Crippen molar-refractivity contribution in [3.8, 4) is 0 Å². The van der Waals surface area contributed by atoms with Crippen LogP contribution in [0, 0.1) is 11.8 Å². The first kappa shape index (κ1) is 7.47. The summed E-state index contributed by atoms with van der Waals surface area (Å²) in [6, 6.07) is 0.429. The van der Waals surface area contributed by atoms with Crippen LogP contribution in [0.1, 0.15) is 13.8 Å². The second-order valence-corrected chi connectivity index (χ2v) is 3.94. The van der Waals surface area contributed by atoms with Gasteiger partial charge in [0, 0.05) is 31.0 Å². The highest BCUT2D eigenvalue weighted by Crippen LogP contribution is 2.59. The highest BCUT2D eigenvalue weighted by Gasteiger charge is 2.71. The second-order valence-electron chi connectivity index (χ2n) is 3.94. The van der Waals surface area contributed by atoms with Gasteiger partial charge in [0.1, 0.15) is 0 Å². The molecule has 0 radical (unpaired) electrons. The van der Waals surface area contributed by atoms with Crippen molar-refractivity contribution in [2.24, 2.45) is 11.8 Å². The van der Waals surface area contributed by atoms with Gasteiger partial charge in [-0.3, -0.25) is 4.90 Å². The SMILES string of the molecule is CC(C)N1C[C@@H]2[C@H](C1)C2(F)F. The zero-order valence-corrected chi connectivity index (χ0v) is 6.85. The van der Waals surface area contributed by atoms with Crippen LogP contribution in [0.5, 0.6) is 0 Å². The minimum Gasteiger partial charge on any atom is -0.300 e. The summed E-state index contributed by atoms with van der Waals surface area (Å²) in [7, 11) is 0. The molecular weight excluding hydrogens is 148 g/mol. The number of piperidine rings is 1. The Morgan fingerprint density at radius 3 is 2.09 bits per heavy atom. The second kappa shape index (κ2) is 1.94. The van der Waals surface area contributed by atoms with E-state index >= 15 is 0 Å².